The van der Waals surface area contributed by atoms with Crippen LogP contribution in [0.5, 0.6) is 0 Å². The van der Waals surface area contributed by atoms with E-state index >= 15 is 0 Å². The predicted octanol–water partition coefficient (Wildman–Crippen LogP) is 2.58. The molecule has 1 fully saturated rings. The van der Waals surface area contributed by atoms with Crippen LogP contribution >= 0.6 is 0 Å². The standard InChI is InChI=1S/C12H25NO/c1-4-12(2,3)10-13-8-7-11-6-5-9-14-11/h11,13H,4-10H2,1-3H3. The molecule has 0 bridgehead atoms. The van der Waals surface area contributed by atoms with Gasteiger partial charge in [0, 0.05) is 13.2 Å². The minimum Gasteiger partial charge on any atom is -0.378 e. The lowest BCUT2D eigenvalue weighted by molar-refractivity contribution is 0.103. The third-order valence-corrected chi connectivity index (χ3v) is 3.23. The lowest BCUT2D eigenvalue weighted by Crippen LogP contribution is -2.30. The highest BCUT2D eigenvalue weighted by atomic mass is 16.5. The normalized spacial score (nSPS) is 22.9. The molecule has 0 aliphatic carbocycles. The average Bonchev–Trinajstić information content (AvgIpc) is 2.65. The van der Waals surface area contributed by atoms with Gasteiger partial charge in [0.25, 0.3) is 0 Å². The molecule has 1 rings (SSSR count). The van der Waals surface area contributed by atoms with Crippen LogP contribution in [0.3, 0.4) is 0 Å². The van der Waals surface area contributed by atoms with Crippen LogP contribution in [0.2, 0.25) is 0 Å². The number of hydrogen-bond acceptors (Lipinski definition) is 2. The molecular formula is C12H25NO. The summed E-state index contributed by atoms with van der Waals surface area (Å²) in [5, 5.41) is 3.52. The molecule has 2 heteroatoms. The maximum Gasteiger partial charge on any atom is 0.0588 e. The second-order valence-electron chi connectivity index (χ2n) is 5.12. The van der Waals surface area contributed by atoms with Crippen LogP contribution in [0.1, 0.15) is 46.5 Å². The average molecular weight is 199 g/mol. The third-order valence-electron chi connectivity index (χ3n) is 3.23. The van der Waals surface area contributed by atoms with Gasteiger partial charge in [-0.3, -0.25) is 0 Å². The SMILES string of the molecule is CCC(C)(C)CNCCC1CCCO1. The quantitative estimate of drug-likeness (QED) is 0.664. The molecule has 0 aromatic heterocycles. The fourth-order valence-corrected chi connectivity index (χ4v) is 1.69. The van der Waals surface area contributed by atoms with Crippen molar-refractivity contribution in [2.24, 2.45) is 5.41 Å². The van der Waals surface area contributed by atoms with Crippen LogP contribution in [0.25, 0.3) is 0 Å². The molecule has 0 amide bonds. The van der Waals surface area contributed by atoms with Crippen LogP contribution < -0.4 is 5.32 Å². The zero-order chi connectivity index (χ0) is 10.4. The smallest absolute Gasteiger partial charge is 0.0588 e. The zero-order valence-electron chi connectivity index (χ0n) is 9.94. The van der Waals surface area contributed by atoms with E-state index in [1.54, 1.807) is 0 Å². The van der Waals surface area contributed by atoms with Crippen molar-refractivity contribution < 1.29 is 4.74 Å². The molecule has 0 radical (unpaired) electrons. The van der Waals surface area contributed by atoms with Gasteiger partial charge in [0.1, 0.15) is 0 Å². The Bertz CT molecular complexity index is 150. The van der Waals surface area contributed by atoms with E-state index < -0.39 is 0 Å². The van der Waals surface area contributed by atoms with Crippen LogP contribution in [0, 0.1) is 5.41 Å². The molecule has 1 saturated heterocycles. The van der Waals surface area contributed by atoms with Crippen molar-refractivity contribution >= 4 is 0 Å². The maximum atomic E-state index is 5.57. The molecule has 1 aliphatic rings. The van der Waals surface area contributed by atoms with E-state index in [4.69, 9.17) is 4.74 Å². The summed E-state index contributed by atoms with van der Waals surface area (Å²) in [6.45, 7) is 10.1. The van der Waals surface area contributed by atoms with Gasteiger partial charge >= 0.3 is 0 Å². The van der Waals surface area contributed by atoms with Crippen molar-refractivity contribution in [1.82, 2.24) is 5.32 Å². The van der Waals surface area contributed by atoms with Crippen molar-refractivity contribution in [2.45, 2.75) is 52.6 Å². The Hall–Kier alpha value is -0.0800. The first kappa shape index (κ1) is 12.0. The van der Waals surface area contributed by atoms with Gasteiger partial charge in [-0.1, -0.05) is 20.8 Å². The second kappa shape index (κ2) is 5.72. The second-order valence-corrected chi connectivity index (χ2v) is 5.12. The fourth-order valence-electron chi connectivity index (χ4n) is 1.69. The van der Waals surface area contributed by atoms with E-state index in [0.29, 0.717) is 11.5 Å². The number of rotatable bonds is 6. The van der Waals surface area contributed by atoms with Crippen LogP contribution in [0.15, 0.2) is 0 Å². The first-order valence-corrected chi connectivity index (χ1v) is 5.96. The maximum absolute atomic E-state index is 5.57. The first-order chi connectivity index (χ1) is 6.64. The van der Waals surface area contributed by atoms with Crippen molar-refractivity contribution in [3.05, 3.63) is 0 Å². The Balaban J connectivity index is 1.98. The molecule has 2 nitrogen and oxygen atoms in total. The summed E-state index contributed by atoms with van der Waals surface area (Å²) in [6, 6.07) is 0. The van der Waals surface area contributed by atoms with Crippen molar-refractivity contribution in [1.29, 1.82) is 0 Å². The molecular weight excluding hydrogens is 174 g/mol. The lowest BCUT2D eigenvalue weighted by atomic mass is 9.90. The summed E-state index contributed by atoms with van der Waals surface area (Å²) in [6.07, 6.45) is 5.47. The number of ether oxygens (including phenoxy) is 1. The van der Waals surface area contributed by atoms with Gasteiger partial charge in [-0.15, -0.1) is 0 Å². The summed E-state index contributed by atoms with van der Waals surface area (Å²) < 4.78 is 5.57. The topological polar surface area (TPSA) is 21.3 Å². The number of hydrogen-bond donors (Lipinski definition) is 1. The first-order valence-electron chi connectivity index (χ1n) is 5.96. The minimum absolute atomic E-state index is 0.441. The molecule has 0 spiro atoms. The van der Waals surface area contributed by atoms with Crippen molar-refractivity contribution in [3.63, 3.8) is 0 Å². The minimum atomic E-state index is 0.441. The van der Waals surface area contributed by atoms with Gasteiger partial charge in [0.05, 0.1) is 6.10 Å². The van der Waals surface area contributed by atoms with Gasteiger partial charge in [-0.05, 0) is 37.6 Å². The molecule has 1 atom stereocenters. The predicted molar refractivity (Wildman–Crippen MR) is 60.5 cm³/mol. The van der Waals surface area contributed by atoms with Gasteiger partial charge in [-0.25, -0.2) is 0 Å². The fraction of sp³-hybridized carbons (Fsp3) is 1.00. The molecule has 0 aromatic rings. The highest BCUT2D eigenvalue weighted by molar-refractivity contribution is 4.71. The summed E-state index contributed by atoms with van der Waals surface area (Å²) in [4.78, 5) is 0. The molecule has 1 aliphatic heterocycles. The molecule has 0 saturated carbocycles. The Morgan fingerprint density at radius 2 is 2.21 bits per heavy atom. The summed E-state index contributed by atoms with van der Waals surface area (Å²) >= 11 is 0. The Morgan fingerprint density at radius 1 is 1.43 bits per heavy atom. The van der Waals surface area contributed by atoms with Gasteiger partial charge < -0.3 is 10.1 Å². The van der Waals surface area contributed by atoms with E-state index in [1.165, 1.54) is 25.7 Å². The Labute approximate surface area is 88.4 Å². The highest BCUT2D eigenvalue weighted by Crippen LogP contribution is 2.18. The van der Waals surface area contributed by atoms with E-state index in [2.05, 4.69) is 26.1 Å². The van der Waals surface area contributed by atoms with Crippen LogP contribution in [-0.4, -0.2) is 25.8 Å². The van der Waals surface area contributed by atoms with Gasteiger partial charge in [0.15, 0.2) is 0 Å². The van der Waals surface area contributed by atoms with Crippen molar-refractivity contribution in [3.8, 4) is 0 Å². The molecule has 1 heterocycles. The molecule has 0 aromatic carbocycles. The van der Waals surface area contributed by atoms with Crippen molar-refractivity contribution in [2.75, 3.05) is 19.7 Å². The third kappa shape index (κ3) is 4.43. The highest BCUT2D eigenvalue weighted by Gasteiger charge is 2.16. The van der Waals surface area contributed by atoms with E-state index in [1.807, 2.05) is 0 Å². The monoisotopic (exact) mass is 199 g/mol. The van der Waals surface area contributed by atoms with Crippen LogP contribution in [0.4, 0.5) is 0 Å². The summed E-state index contributed by atoms with van der Waals surface area (Å²) in [5.41, 5.74) is 0.441. The molecule has 84 valence electrons. The molecule has 1 N–H and O–H groups in total. The van der Waals surface area contributed by atoms with E-state index in [-0.39, 0.29) is 0 Å². The largest absolute Gasteiger partial charge is 0.378 e. The zero-order valence-corrected chi connectivity index (χ0v) is 9.94. The summed E-state index contributed by atoms with van der Waals surface area (Å²) in [7, 11) is 0. The van der Waals surface area contributed by atoms with Gasteiger partial charge in [0.2, 0.25) is 0 Å². The van der Waals surface area contributed by atoms with E-state index in [9.17, 15) is 0 Å². The lowest BCUT2D eigenvalue weighted by Gasteiger charge is -2.23. The molecule has 14 heavy (non-hydrogen) atoms. The van der Waals surface area contributed by atoms with E-state index in [0.717, 1.165) is 19.7 Å². The van der Waals surface area contributed by atoms with Crippen LogP contribution in [-0.2, 0) is 4.74 Å². The summed E-state index contributed by atoms with van der Waals surface area (Å²) in [5.74, 6) is 0. The number of nitrogens with one attached hydrogen (secondary N) is 1. The van der Waals surface area contributed by atoms with Gasteiger partial charge in [-0.2, -0.15) is 0 Å². The molecule has 1 unspecified atom stereocenters. The Kier molecular flexibility index (Phi) is 4.90. The Morgan fingerprint density at radius 3 is 2.79 bits per heavy atom.